The Morgan fingerprint density at radius 1 is 1.30 bits per heavy atom. The van der Waals surface area contributed by atoms with Crippen molar-refractivity contribution in [3.63, 3.8) is 0 Å². The van der Waals surface area contributed by atoms with Crippen LogP contribution in [-0.2, 0) is 4.74 Å². The average Bonchev–Trinajstić information content (AvgIpc) is 3.17. The lowest BCUT2D eigenvalue weighted by molar-refractivity contribution is 0.0210. The second-order valence-electron chi connectivity index (χ2n) is 8.72. The Kier molecular flexibility index (Phi) is 5.32. The van der Waals surface area contributed by atoms with Crippen molar-refractivity contribution in [2.24, 2.45) is 0 Å². The van der Waals surface area contributed by atoms with Crippen molar-refractivity contribution < 1.29 is 9.53 Å². The van der Waals surface area contributed by atoms with Crippen LogP contribution in [0, 0.1) is 0 Å². The van der Waals surface area contributed by atoms with E-state index in [-0.39, 0.29) is 12.1 Å². The number of pyridine rings is 1. The highest BCUT2D eigenvalue weighted by molar-refractivity contribution is 6.02. The van der Waals surface area contributed by atoms with E-state index in [4.69, 9.17) is 4.74 Å². The third kappa shape index (κ3) is 4.08. The van der Waals surface area contributed by atoms with Crippen LogP contribution in [-0.4, -0.2) is 62.7 Å². The van der Waals surface area contributed by atoms with E-state index in [1.54, 1.807) is 4.90 Å². The van der Waals surface area contributed by atoms with Crippen LogP contribution in [0.3, 0.4) is 0 Å². The minimum Gasteiger partial charge on any atom is -0.444 e. The van der Waals surface area contributed by atoms with E-state index in [2.05, 4.69) is 24.8 Å². The van der Waals surface area contributed by atoms with Gasteiger partial charge in [0.05, 0.1) is 11.4 Å². The number of carbonyl (C=O) groups excluding carboxylic acids is 1. The van der Waals surface area contributed by atoms with Gasteiger partial charge in [-0.1, -0.05) is 0 Å². The molecule has 3 aromatic heterocycles. The van der Waals surface area contributed by atoms with Crippen molar-refractivity contribution in [1.29, 1.82) is 0 Å². The molecule has 4 heterocycles. The number of hydrogen-bond donors (Lipinski definition) is 1. The number of nitrogens with zero attached hydrogens (tertiary/aromatic N) is 5. The molecule has 1 atom stereocenters. The van der Waals surface area contributed by atoms with Gasteiger partial charge in [-0.15, -0.1) is 0 Å². The van der Waals surface area contributed by atoms with Gasteiger partial charge in [0.2, 0.25) is 0 Å². The maximum absolute atomic E-state index is 12.6. The van der Waals surface area contributed by atoms with Crippen LogP contribution in [0.15, 0.2) is 37.2 Å². The van der Waals surface area contributed by atoms with Gasteiger partial charge in [-0.2, -0.15) is 0 Å². The highest BCUT2D eigenvalue weighted by Gasteiger charge is 2.30. The Bertz CT molecular complexity index is 1030. The lowest BCUT2D eigenvalue weighted by Gasteiger charge is -2.39. The first-order valence-electron chi connectivity index (χ1n) is 10.3. The number of anilines is 1. The monoisotopic (exact) mass is 408 g/mol. The molecule has 8 nitrogen and oxygen atoms in total. The molecule has 3 aromatic rings. The molecule has 1 aliphatic rings. The summed E-state index contributed by atoms with van der Waals surface area (Å²) in [6, 6.07) is 2.12. The summed E-state index contributed by atoms with van der Waals surface area (Å²) >= 11 is 0. The van der Waals surface area contributed by atoms with Crippen molar-refractivity contribution in [1.82, 2.24) is 24.8 Å². The van der Waals surface area contributed by atoms with Gasteiger partial charge in [0.25, 0.3) is 0 Å². The largest absolute Gasteiger partial charge is 0.444 e. The molecule has 1 saturated heterocycles. The number of amides is 1. The number of ether oxygens (including phenoxy) is 1. The molecule has 0 radical (unpaired) electrons. The molecular formula is C22H28N6O2. The number of fused-ring (bicyclic) bond motifs is 1. The molecule has 0 aromatic carbocycles. The number of piperidine rings is 1. The number of nitrogens with one attached hydrogen (secondary N) is 1. The van der Waals surface area contributed by atoms with E-state index in [1.807, 2.05) is 58.7 Å². The summed E-state index contributed by atoms with van der Waals surface area (Å²) in [5, 5.41) is 1.05. The molecule has 0 bridgehead atoms. The third-order valence-electron chi connectivity index (χ3n) is 5.39. The van der Waals surface area contributed by atoms with E-state index in [0.717, 1.165) is 53.8 Å². The molecule has 1 fully saturated rings. The molecule has 0 saturated carbocycles. The maximum atomic E-state index is 12.6. The van der Waals surface area contributed by atoms with Crippen LogP contribution in [0.1, 0.15) is 33.6 Å². The molecule has 1 amide bonds. The van der Waals surface area contributed by atoms with Crippen LogP contribution in [0.2, 0.25) is 0 Å². The highest BCUT2D eigenvalue weighted by Crippen LogP contribution is 2.35. The topological polar surface area (TPSA) is 87.2 Å². The van der Waals surface area contributed by atoms with E-state index in [0.29, 0.717) is 0 Å². The summed E-state index contributed by atoms with van der Waals surface area (Å²) in [6.45, 7) is 7.33. The maximum Gasteiger partial charge on any atom is 0.410 e. The summed E-state index contributed by atoms with van der Waals surface area (Å²) in [5.41, 5.74) is 3.39. The van der Waals surface area contributed by atoms with Crippen molar-refractivity contribution in [3.8, 4) is 11.1 Å². The van der Waals surface area contributed by atoms with Gasteiger partial charge in [-0.3, -0.25) is 0 Å². The number of likely N-dealkylation sites (N-methyl/N-ethyl adjacent to an activating group) is 1. The summed E-state index contributed by atoms with van der Waals surface area (Å²) < 4.78 is 5.57. The summed E-state index contributed by atoms with van der Waals surface area (Å²) in [5.74, 6) is 0. The number of aromatic nitrogens is 4. The fraction of sp³-hybridized carbons (Fsp3) is 0.455. The Balaban J connectivity index is 1.63. The van der Waals surface area contributed by atoms with Crippen LogP contribution in [0.5, 0.6) is 0 Å². The van der Waals surface area contributed by atoms with Crippen LogP contribution < -0.4 is 4.90 Å². The summed E-state index contributed by atoms with van der Waals surface area (Å²) in [6.07, 6.45) is 10.6. The van der Waals surface area contributed by atoms with Crippen LogP contribution in [0.25, 0.3) is 22.2 Å². The van der Waals surface area contributed by atoms with Gasteiger partial charge < -0.3 is 19.5 Å². The second kappa shape index (κ2) is 7.93. The van der Waals surface area contributed by atoms with Gasteiger partial charge in [0.15, 0.2) is 0 Å². The lowest BCUT2D eigenvalue weighted by atomic mass is 10.0. The fourth-order valence-corrected chi connectivity index (χ4v) is 3.94. The van der Waals surface area contributed by atoms with Crippen molar-refractivity contribution in [3.05, 3.63) is 37.2 Å². The molecule has 1 aliphatic heterocycles. The van der Waals surface area contributed by atoms with Gasteiger partial charge in [-0.05, 0) is 39.7 Å². The lowest BCUT2D eigenvalue weighted by Crippen LogP contribution is -2.49. The zero-order valence-corrected chi connectivity index (χ0v) is 17.9. The molecule has 8 heteroatoms. The molecule has 0 aliphatic carbocycles. The van der Waals surface area contributed by atoms with E-state index >= 15 is 0 Å². The molecule has 1 N–H and O–H groups in total. The highest BCUT2D eigenvalue weighted by atomic mass is 16.6. The Labute approximate surface area is 176 Å². The SMILES string of the molecule is CN(C(=O)OC(C)(C)C)[C@H]1CCCN(c2ccnc3[nH]cc(-c4cncnc4)c23)C1. The smallest absolute Gasteiger partial charge is 0.410 e. The molecule has 30 heavy (non-hydrogen) atoms. The minimum atomic E-state index is -0.505. The van der Waals surface area contributed by atoms with E-state index in [1.165, 1.54) is 6.33 Å². The second-order valence-corrected chi connectivity index (χ2v) is 8.72. The Morgan fingerprint density at radius 3 is 2.80 bits per heavy atom. The summed E-state index contributed by atoms with van der Waals surface area (Å²) in [4.78, 5) is 32.7. The molecule has 158 valence electrons. The van der Waals surface area contributed by atoms with Gasteiger partial charge in [0, 0.05) is 61.7 Å². The number of aromatic amines is 1. The first-order chi connectivity index (χ1) is 14.3. The molecular weight excluding hydrogens is 380 g/mol. The zero-order valence-electron chi connectivity index (χ0n) is 17.9. The van der Waals surface area contributed by atoms with Crippen molar-refractivity contribution in [2.45, 2.75) is 45.3 Å². The van der Waals surface area contributed by atoms with E-state index in [9.17, 15) is 4.79 Å². The standard InChI is InChI=1S/C22H28N6O2/c1-22(2,3)30-21(29)27(4)16-6-5-9-28(13-16)18-7-8-25-20-19(18)17(12-26-20)15-10-23-14-24-11-15/h7-8,10-12,14,16H,5-6,9,13H2,1-4H3,(H,25,26)/t16-/m0/s1. The normalized spacial score (nSPS) is 17.2. The van der Waals surface area contributed by atoms with Crippen molar-refractivity contribution in [2.75, 3.05) is 25.0 Å². The first kappa shape index (κ1) is 20.1. The van der Waals surface area contributed by atoms with Gasteiger partial charge in [-0.25, -0.2) is 19.7 Å². The van der Waals surface area contributed by atoms with Crippen LogP contribution in [0.4, 0.5) is 10.5 Å². The summed E-state index contributed by atoms with van der Waals surface area (Å²) in [7, 11) is 1.83. The average molecular weight is 409 g/mol. The minimum absolute atomic E-state index is 0.0827. The third-order valence-corrected chi connectivity index (χ3v) is 5.39. The molecule has 4 rings (SSSR count). The quantitative estimate of drug-likeness (QED) is 0.708. The van der Waals surface area contributed by atoms with Crippen molar-refractivity contribution >= 4 is 22.8 Å². The van der Waals surface area contributed by atoms with Crippen LogP contribution >= 0.6 is 0 Å². The number of H-pyrrole nitrogens is 1. The molecule has 0 unspecified atom stereocenters. The fourth-order valence-electron chi connectivity index (χ4n) is 3.94. The van der Waals surface area contributed by atoms with Gasteiger partial charge >= 0.3 is 6.09 Å². The van der Waals surface area contributed by atoms with Gasteiger partial charge in [0.1, 0.15) is 17.6 Å². The molecule has 0 spiro atoms. The Hall–Kier alpha value is -3.16. The predicted octanol–water partition coefficient (Wildman–Crippen LogP) is 3.86. The first-order valence-corrected chi connectivity index (χ1v) is 10.3. The number of carbonyl (C=O) groups is 1. The zero-order chi connectivity index (χ0) is 21.3. The van der Waals surface area contributed by atoms with E-state index < -0.39 is 5.60 Å². The number of hydrogen-bond acceptors (Lipinski definition) is 6. The Morgan fingerprint density at radius 2 is 2.07 bits per heavy atom. The predicted molar refractivity (Wildman–Crippen MR) is 116 cm³/mol. The number of rotatable bonds is 3.